The van der Waals surface area contributed by atoms with Gasteiger partial charge in [0.1, 0.15) is 0 Å². The highest BCUT2D eigenvalue weighted by Gasteiger charge is 2.34. The van der Waals surface area contributed by atoms with Crippen LogP contribution in [0.2, 0.25) is 0 Å². The van der Waals surface area contributed by atoms with E-state index < -0.39 is 27.5 Å². The lowest BCUT2D eigenvalue weighted by molar-refractivity contribution is -0.138. The van der Waals surface area contributed by atoms with Crippen LogP contribution in [0, 0.1) is 0 Å². The molecule has 1 amide bonds. The van der Waals surface area contributed by atoms with Crippen LogP contribution in [0.3, 0.4) is 0 Å². The third-order valence-electron chi connectivity index (χ3n) is 4.68. The van der Waals surface area contributed by atoms with Crippen LogP contribution >= 0.6 is 11.8 Å². The summed E-state index contributed by atoms with van der Waals surface area (Å²) < 4.78 is 63.1. The number of thioether (sulfide) groups is 1. The van der Waals surface area contributed by atoms with Gasteiger partial charge in [-0.25, -0.2) is 8.42 Å². The fourth-order valence-corrected chi connectivity index (χ4v) is 6.87. The summed E-state index contributed by atoms with van der Waals surface area (Å²) in [6, 6.07) is 12.0. The maximum atomic E-state index is 13.2. The van der Waals surface area contributed by atoms with Crippen LogP contribution in [-0.4, -0.2) is 43.0 Å². The van der Waals surface area contributed by atoms with Gasteiger partial charge in [-0.05, 0) is 30.2 Å². The van der Waals surface area contributed by atoms with Crippen LogP contribution in [0.25, 0.3) is 0 Å². The third-order valence-corrected chi connectivity index (χ3v) is 8.00. The van der Waals surface area contributed by atoms with Crippen molar-refractivity contribution in [1.29, 1.82) is 0 Å². The number of carbonyl (C=O) groups is 1. The Morgan fingerprint density at radius 1 is 1.14 bits per heavy atom. The number of carbonyl (C=O) groups excluding carboxylic acids is 1. The molecule has 0 bridgehead atoms. The molecule has 1 unspecified atom stereocenters. The number of halogens is 3. The van der Waals surface area contributed by atoms with Gasteiger partial charge >= 0.3 is 6.18 Å². The first-order valence-electron chi connectivity index (χ1n) is 8.93. The van der Waals surface area contributed by atoms with Crippen molar-refractivity contribution in [1.82, 2.24) is 4.90 Å². The minimum absolute atomic E-state index is 0.0165. The predicted molar refractivity (Wildman–Crippen MR) is 107 cm³/mol. The molecule has 0 aliphatic carbocycles. The van der Waals surface area contributed by atoms with Crippen molar-refractivity contribution >= 4 is 27.5 Å². The number of amides is 1. The van der Waals surface area contributed by atoms with Crippen molar-refractivity contribution in [2.24, 2.45) is 0 Å². The van der Waals surface area contributed by atoms with Gasteiger partial charge in [-0.1, -0.05) is 30.3 Å². The molecule has 29 heavy (non-hydrogen) atoms. The molecule has 1 aliphatic rings. The van der Waals surface area contributed by atoms with Crippen LogP contribution < -0.4 is 0 Å². The van der Waals surface area contributed by atoms with E-state index in [0.29, 0.717) is 16.9 Å². The molecule has 0 N–H and O–H groups in total. The van der Waals surface area contributed by atoms with Gasteiger partial charge < -0.3 is 4.90 Å². The summed E-state index contributed by atoms with van der Waals surface area (Å²) in [6.07, 6.45) is -3.98. The first-order valence-corrected chi connectivity index (χ1v) is 11.6. The Morgan fingerprint density at radius 2 is 1.79 bits per heavy atom. The fraction of sp³-hybridized carbons (Fsp3) is 0.350. The Labute approximate surface area is 172 Å². The lowest BCUT2D eigenvalue weighted by Crippen LogP contribution is -2.28. The topological polar surface area (TPSA) is 54.5 Å². The smallest absolute Gasteiger partial charge is 0.337 e. The van der Waals surface area contributed by atoms with Crippen LogP contribution in [0.5, 0.6) is 0 Å². The zero-order valence-corrected chi connectivity index (χ0v) is 17.3. The minimum Gasteiger partial charge on any atom is -0.337 e. The van der Waals surface area contributed by atoms with Crippen molar-refractivity contribution in [3.8, 4) is 0 Å². The zero-order valence-electron chi connectivity index (χ0n) is 15.6. The molecule has 9 heteroatoms. The molecule has 1 heterocycles. The summed E-state index contributed by atoms with van der Waals surface area (Å²) in [5.41, 5.74) is -0.393. The van der Waals surface area contributed by atoms with Crippen molar-refractivity contribution in [2.75, 3.05) is 18.6 Å². The number of hydrogen-bond donors (Lipinski definition) is 0. The molecule has 156 valence electrons. The van der Waals surface area contributed by atoms with E-state index >= 15 is 0 Å². The second-order valence-electron chi connectivity index (χ2n) is 6.96. The van der Waals surface area contributed by atoms with E-state index in [9.17, 15) is 26.4 Å². The molecule has 0 aromatic heterocycles. The van der Waals surface area contributed by atoms with Gasteiger partial charge in [0.2, 0.25) is 0 Å². The largest absolute Gasteiger partial charge is 0.416 e. The normalized spacial score (nSPS) is 18.6. The second-order valence-corrected chi connectivity index (χ2v) is 10.5. The van der Waals surface area contributed by atoms with Gasteiger partial charge in [0.05, 0.1) is 22.6 Å². The monoisotopic (exact) mass is 443 g/mol. The Balaban J connectivity index is 1.79. The molecule has 1 aliphatic heterocycles. The molecule has 4 nitrogen and oxygen atoms in total. The molecule has 0 saturated carbocycles. The number of benzene rings is 2. The van der Waals surface area contributed by atoms with Crippen LogP contribution in [0.15, 0.2) is 53.4 Å². The Morgan fingerprint density at radius 3 is 2.45 bits per heavy atom. The van der Waals surface area contributed by atoms with Crippen molar-refractivity contribution in [3.63, 3.8) is 0 Å². The van der Waals surface area contributed by atoms with Crippen LogP contribution in [0.4, 0.5) is 13.2 Å². The van der Waals surface area contributed by atoms with E-state index in [1.807, 2.05) is 0 Å². The van der Waals surface area contributed by atoms with Gasteiger partial charge in [0, 0.05) is 23.7 Å². The highest BCUT2D eigenvalue weighted by atomic mass is 32.2. The van der Waals surface area contributed by atoms with E-state index in [1.54, 1.807) is 24.3 Å². The Bertz CT molecular complexity index is 1010. The van der Waals surface area contributed by atoms with Crippen LogP contribution in [0.1, 0.15) is 27.9 Å². The third kappa shape index (κ3) is 5.33. The van der Waals surface area contributed by atoms with Gasteiger partial charge in [0.25, 0.3) is 5.91 Å². The molecule has 3 rings (SSSR count). The molecule has 2 aromatic rings. The number of sulfone groups is 1. The quantitative estimate of drug-likeness (QED) is 0.693. The maximum Gasteiger partial charge on any atom is 0.416 e. The van der Waals surface area contributed by atoms with Crippen LogP contribution in [-0.2, 0) is 22.6 Å². The molecule has 2 aromatic carbocycles. The standard InChI is InChI=1S/C20H20F3NO3S2/c1-24(12-14-6-2-4-8-17(14)20(21,22)23)19(25)16-7-3-5-9-18(16)28-15-10-11-29(26,27)13-15/h2-9,15H,10-13H2,1H3. The van der Waals surface area contributed by atoms with E-state index in [1.165, 1.54) is 41.9 Å². The number of alkyl halides is 3. The summed E-state index contributed by atoms with van der Waals surface area (Å²) in [5.74, 6) is -0.213. The molecular weight excluding hydrogens is 423 g/mol. The predicted octanol–water partition coefficient (Wildman–Crippen LogP) is 4.26. The highest BCUT2D eigenvalue weighted by molar-refractivity contribution is 8.02. The van der Waals surface area contributed by atoms with E-state index in [2.05, 4.69) is 0 Å². The molecule has 1 fully saturated rings. The number of rotatable bonds is 5. The lowest BCUT2D eigenvalue weighted by atomic mass is 10.1. The summed E-state index contributed by atoms with van der Waals surface area (Å²) in [4.78, 5) is 14.8. The minimum atomic E-state index is -4.50. The van der Waals surface area contributed by atoms with Crippen molar-refractivity contribution in [3.05, 3.63) is 65.2 Å². The molecular formula is C20H20F3NO3S2. The van der Waals surface area contributed by atoms with Gasteiger partial charge in [-0.2, -0.15) is 13.2 Å². The summed E-state index contributed by atoms with van der Waals surface area (Å²) in [6.45, 7) is -0.189. The maximum absolute atomic E-state index is 13.2. The number of nitrogens with zero attached hydrogens (tertiary/aromatic N) is 1. The van der Waals surface area contributed by atoms with Gasteiger partial charge in [-0.3, -0.25) is 4.79 Å². The molecule has 1 saturated heterocycles. The average Bonchev–Trinajstić information content (AvgIpc) is 2.99. The van der Waals surface area contributed by atoms with E-state index in [4.69, 9.17) is 0 Å². The van der Waals surface area contributed by atoms with Crippen molar-refractivity contribution in [2.45, 2.75) is 29.3 Å². The van der Waals surface area contributed by atoms with Gasteiger partial charge in [-0.15, -0.1) is 11.8 Å². The number of hydrogen-bond acceptors (Lipinski definition) is 4. The summed E-state index contributed by atoms with van der Waals surface area (Å²) in [7, 11) is -1.59. The highest BCUT2D eigenvalue weighted by Crippen LogP contribution is 2.35. The summed E-state index contributed by atoms with van der Waals surface area (Å²) >= 11 is 1.33. The van der Waals surface area contributed by atoms with Crippen molar-refractivity contribution < 1.29 is 26.4 Å². The van der Waals surface area contributed by atoms with E-state index in [-0.39, 0.29) is 28.9 Å². The zero-order chi connectivity index (χ0) is 21.2. The second kappa shape index (κ2) is 8.39. The molecule has 1 atom stereocenters. The molecule has 0 radical (unpaired) electrons. The van der Waals surface area contributed by atoms with Gasteiger partial charge in [0.15, 0.2) is 9.84 Å². The van der Waals surface area contributed by atoms with E-state index in [0.717, 1.165) is 6.07 Å². The molecule has 0 spiro atoms. The Hall–Kier alpha value is -2.00. The summed E-state index contributed by atoms with van der Waals surface area (Å²) in [5, 5.41) is -0.134. The fourth-order valence-electron chi connectivity index (χ4n) is 3.25. The Kier molecular flexibility index (Phi) is 6.28. The lowest BCUT2D eigenvalue weighted by Gasteiger charge is -2.22. The SMILES string of the molecule is CN(Cc1ccccc1C(F)(F)F)C(=O)c1ccccc1SC1CCS(=O)(=O)C1. The first-order chi connectivity index (χ1) is 13.6. The first kappa shape index (κ1) is 21.7. The average molecular weight is 444 g/mol.